The van der Waals surface area contributed by atoms with Crippen molar-refractivity contribution in [3.05, 3.63) is 22.6 Å². The van der Waals surface area contributed by atoms with Crippen molar-refractivity contribution in [1.29, 1.82) is 0 Å². The van der Waals surface area contributed by atoms with Crippen LogP contribution in [0.3, 0.4) is 0 Å². The number of hydrogen-bond donors (Lipinski definition) is 2. The van der Waals surface area contributed by atoms with E-state index < -0.39 is 0 Å². The van der Waals surface area contributed by atoms with Crippen molar-refractivity contribution < 1.29 is 14.3 Å². The summed E-state index contributed by atoms with van der Waals surface area (Å²) >= 11 is 3.16. The van der Waals surface area contributed by atoms with Crippen molar-refractivity contribution in [1.82, 2.24) is 5.32 Å². The number of furan rings is 1. The molecule has 1 unspecified atom stereocenters. The number of halogens is 1. The van der Waals surface area contributed by atoms with Gasteiger partial charge in [0, 0.05) is 12.1 Å². The fraction of sp³-hybridized carbons (Fsp3) is 0.545. The molecule has 1 amide bonds. The van der Waals surface area contributed by atoms with Gasteiger partial charge in [-0.2, -0.15) is 0 Å². The van der Waals surface area contributed by atoms with Crippen LogP contribution in [0.25, 0.3) is 0 Å². The lowest BCUT2D eigenvalue weighted by Crippen LogP contribution is -2.46. The molecular weight excluding hydrogens is 274 g/mol. The maximum Gasteiger partial charge on any atom is 0.256 e. The number of aliphatic hydroxyl groups is 1. The first-order valence-electron chi connectivity index (χ1n) is 5.19. The molecule has 1 atom stereocenters. The summed E-state index contributed by atoms with van der Waals surface area (Å²) < 4.78 is 5.42. The second-order valence-corrected chi connectivity index (χ2v) is 4.67. The molecule has 1 aromatic rings. The molecule has 0 radical (unpaired) electrons. The van der Waals surface area contributed by atoms with E-state index in [9.17, 15) is 4.79 Å². The molecule has 0 fully saturated rings. The van der Waals surface area contributed by atoms with Crippen molar-refractivity contribution in [2.45, 2.75) is 32.2 Å². The van der Waals surface area contributed by atoms with Crippen molar-refractivity contribution >= 4 is 21.8 Å². The Kier molecular flexibility index (Phi) is 4.56. The topological polar surface area (TPSA) is 62.5 Å². The lowest BCUT2D eigenvalue weighted by atomic mass is 9.94. The van der Waals surface area contributed by atoms with Gasteiger partial charge in [0.2, 0.25) is 0 Å². The maximum absolute atomic E-state index is 11.9. The van der Waals surface area contributed by atoms with Crippen LogP contribution in [0.4, 0.5) is 0 Å². The van der Waals surface area contributed by atoms with E-state index in [1.807, 2.05) is 13.8 Å². The Morgan fingerprint density at radius 3 is 2.81 bits per heavy atom. The van der Waals surface area contributed by atoms with Crippen molar-refractivity contribution in [3.8, 4) is 0 Å². The summed E-state index contributed by atoms with van der Waals surface area (Å²) in [5, 5.41) is 11.9. The Morgan fingerprint density at radius 2 is 2.38 bits per heavy atom. The van der Waals surface area contributed by atoms with Crippen LogP contribution in [0.2, 0.25) is 0 Å². The van der Waals surface area contributed by atoms with Gasteiger partial charge in [0.05, 0.1) is 11.8 Å². The van der Waals surface area contributed by atoms with Gasteiger partial charge in [-0.15, -0.1) is 0 Å². The fourth-order valence-electron chi connectivity index (χ4n) is 1.37. The third kappa shape index (κ3) is 3.09. The summed E-state index contributed by atoms with van der Waals surface area (Å²) in [7, 11) is 0. The highest BCUT2D eigenvalue weighted by Gasteiger charge is 2.25. The Hall–Kier alpha value is -0.810. The lowest BCUT2D eigenvalue weighted by Gasteiger charge is -2.28. The SMILES string of the molecule is CCC(C)(CCO)NC(=O)c1ccoc1Br. The molecular formula is C11H16BrNO3. The number of carbonyl (C=O) groups excluding carboxylic acids is 1. The van der Waals surface area contributed by atoms with Crippen LogP contribution < -0.4 is 5.32 Å². The first-order chi connectivity index (χ1) is 7.52. The van der Waals surface area contributed by atoms with Gasteiger partial charge in [0.25, 0.3) is 5.91 Å². The minimum absolute atomic E-state index is 0.0528. The van der Waals surface area contributed by atoms with Crippen LogP contribution >= 0.6 is 15.9 Å². The van der Waals surface area contributed by atoms with Gasteiger partial charge in [-0.25, -0.2) is 0 Å². The van der Waals surface area contributed by atoms with E-state index in [1.165, 1.54) is 6.26 Å². The van der Waals surface area contributed by atoms with Gasteiger partial charge in [-0.1, -0.05) is 6.92 Å². The zero-order valence-corrected chi connectivity index (χ0v) is 11.0. The quantitative estimate of drug-likeness (QED) is 0.874. The van der Waals surface area contributed by atoms with Gasteiger partial charge in [-0.05, 0) is 41.8 Å². The number of aliphatic hydroxyl groups excluding tert-OH is 1. The molecule has 5 heteroatoms. The largest absolute Gasteiger partial charge is 0.457 e. The van der Waals surface area contributed by atoms with E-state index >= 15 is 0 Å². The summed E-state index contributed by atoms with van der Waals surface area (Å²) in [6.07, 6.45) is 2.74. The molecule has 0 aliphatic heterocycles. The van der Waals surface area contributed by atoms with Gasteiger partial charge in [0.15, 0.2) is 4.67 Å². The van der Waals surface area contributed by atoms with Crippen LogP contribution in [0.1, 0.15) is 37.0 Å². The Bertz CT molecular complexity index is 364. The second-order valence-electron chi connectivity index (χ2n) is 3.95. The smallest absolute Gasteiger partial charge is 0.256 e. The number of carbonyl (C=O) groups is 1. The van der Waals surface area contributed by atoms with Crippen LogP contribution in [-0.2, 0) is 0 Å². The summed E-state index contributed by atoms with van der Waals surface area (Å²) in [6, 6.07) is 1.61. The average Bonchev–Trinajstić information content (AvgIpc) is 2.65. The number of nitrogens with one attached hydrogen (secondary N) is 1. The molecule has 4 nitrogen and oxygen atoms in total. The third-order valence-corrected chi connectivity index (χ3v) is 3.34. The molecule has 0 saturated carbocycles. The van der Waals surface area contributed by atoms with Gasteiger partial charge < -0.3 is 14.8 Å². The summed E-state index contributed by atoms with van der Waals surface area (Å²) in [5.41, 5.74) is 0.0836. The molecule has 90 valence electrons. The van der Waals surface area contributed by atoms with Gasteiger partial charge in [0.1, 0.15) is 0 Å². The molecule has 0 aromatic carbocycles. The Labute approximate surface area is 103 Å². The average molecular weight is 290 g/mol. The summed E-state index contributed by atoms with van der Waals surface area (Å²) in [6.45, 7) is 3.94. The van der Waals surface area contributed by atoms with Gasteiger partial charge in [-0.3, -0.25) is 4.79 Å². The monoisotopic (exact) mass is 289 g/mol. The van der Waals surface area contributed by atoms with E-state index in [2.05, 4.69) is 21.2 Å². The third-order valence-electron chi connectivity index (χ3n) is 2.72. The Balaban J connectivity index is 2.73. The second kappa shape index (κ2) is 5.50. The molecule has 0 saturated heterocycles. The van der Waals surface area contributed by atoms with Crippen molar-refractivity contribution in [2.75, 3.05) is 6.61 Å². The highest BCUT2D eigenvalue weighted by Crippen LogP contribution is 2.20. The predicted molar refractivity (Wildman–Crippen MR) is 64.3 cm³/mol. The molecule has 0 spiro atoms. The molecule has 16 heavy (non-hydrogen) atoms. The van der Waals surface area contributed by atoms with Crippen LogP contribution in [-0.4, -0.2) is 23.2 Å². The van der Waals surface area contributed by atoms with E-state index in [0.717, 1.165) is 6.42 Å². The first-order valence-corrected chi connectivity index (χ1v) is 5.98. The molecule has 0 aliphatic rings. The number of amides is 1. The van der Waals surface area contributed by atoms with E-state index in [4.69, 9.17) is 9.52 Å². The molecule has 1 rings (SSSR count). The highest BCUT2D eigenvalue weighted by molar-refractivity contribution is 9.10. The summed E-state index contributed by atoms with van der Waals surface area (Å²) in [4.78, 5) is 11.9. The van der Waals surface area contributed by atoms with Crippen LogP contribution in [0.5, 0.6) is 0 Å². The standard InChI is InChI=1S/C11H16BrNO3/c1-3-11(2,5-6-14)13-10(15)8-4-7-16-9(8)12/h4,7,14H,3,5-6H2,1-2H3,(H,13,15). The van der Waals surface area contributed by atoms with Crippen molar-refractivity contribution in [2.24, 2.45) is 0 Å². The normalized spacial score (nSPS) is 14.5. The summed E-state index contributed by atoms with van der Waals surface area (Å²) in [5.74, 6) is -0.196. The van der Waals surface area contributed by atoms with Crippen molar-refractivity contribution in [3.63, 3.8) is 0 Å². The van der Waals surface area contributed by atoms with E-state index in [-0.39, 0.29) is 18.1 Å². The maximum atomic E-state index is 11.9. The highest BCUT2D eigenvalue weighted by atomic mass is 79.9. The molecule has 1 aromatic heterocycles. The van der Waals surface area contributed by atoms with Gasteiger partial charge >= 0.3 is 0 Å². The zero-order valence-electron chi connectivity index (χ0n) is 9.42. The molecule has 0 bridgehead atoms. The molecule has 0 aliphatic carbocycles. The first kappa shape index (κ1) is 13.3. The number of hydrogen-bond acceptors (Lipinski definition) is 3. The predicted octanol–water partition coefficient (Wildman–Crippen LogP) is 2.32. The molecule has 2 N–H and O–H groups in total. The minimum atomic E-state index is -0.386. The van der Waals surface area contributed by atoms with E-state index in [1.54, 1.807) is 6.07 Å². The van der Waals surface area contributed by atoms with Crippen LogP contribution in [0.15, 0.2) is 21.4 Å². The van der Waals surface area contributed by atoms with E-state index in [0.29, 0.717) is 16.7 Å². The minimum Gasteiger partial charge on any atom is -0.457 e. The zero-order chi connectivity index (χ0) is 12.2. The number of rotatable bonds is 5. The lowest BCUT2D eigenvalue weighted by molar-refractivity contribution is 0.0884. The fourth-order valence-corrected chi connectivity index (χ4v) is 1.79. The van der Waals surface area contributed by atoms with Crippen LogP contribution in [0, 0.1) is 0 Å². The Morgan fingerprint density at radius 1 is 1.69 bits per heavy atom. The molecule has 1 heterocycles.